The molecular formula is C10H24O. The lowest BCUT2D eigenvalue weighted by Gasteiger charge is -2.03. The van der Waals surface area contributed by atoms with Crippen molar-refractivity contribution in [3.63, 3.8) is 0 Å². The molecule has 1 nitrogen and oxygen atoms in total. The van der Waals surface area contributed by atoms with Gasteiger partial charge in [0.2, 0.25) is 0 Å². The van der Waals surface area contributed by atoms with Gasteiger partial charge in [-0.3, -0.25) is 0 Å². The van der Waals surface area contributed by atoms with Crippen LogP contribution in [0.3, 0.4) is 0 Å². The molecule has 1 fully saturated rings. The molecular weight excluding hydrogens is 136 g/mol. The summed E-state index contributed by atoms with van der Waals surface area (Å²) in [5.41, 5.74) is 0. The first kappa shape index (κ1) is 13.5. The molecule has 0 aromatic heterocycles. The van der Waals surface area contributed by atoms with E-state index in [1.54, 1.807) is 0 Å². The Kier molecular flexibility index (Phi) is 12.3. The zero-order chi connectivity index (χ0) is 7.82. The van der Waals surface area contributed by atoms with E-state index in [1.807, 2.05) is 13.8 Å². The fourth-order valence-corrected chi connectivity index (χ4v) is 1.71. The largest absolute Gasteiger partial charge is 0.412 e. The Labute approximate surface area is 71.5 Å². The summed E-state index contributed by atoms with van der Waals surface area (Å²) in [6, 6.07) is 0. The van der Waals surface area contributed by atoms with Crippen molar-refractivity contribution in [3.05, 3.63) is 0 Å². The lowest BCUT2D eigenvalue weighted by Crippen LogP contribution is -1.89. The summed E-state index contributed by atoms with van der Waals surface area (Å²) in [6.07, 6.45) is 8.93. The third-order valence-electron chi connectivity index (χ3n) is 2.17. The van der Waals surface area contributed by atoms with Crippen molar-refractivity contribution in [1.29, 1.82) is 0 Å². The molecule has 1 saturated carbocycles. The molecule has 0 amide bonds. The molecule has 1 aliphatic carbocycles. The highest BCUT2D eigenvalue weighted by Crippen LogP contribution is 2.27. The molecule has 0 spiro atoms. The van der Waals surface area contributed by atoms with Crippen molar-refractivity contribution in [2.24, 2.45) is 5.92 Å². The van der Waals surface area contributed by atoms with Gasteiger partial charge in [-0.15, -0.1) is 0 Å². The molecule has 0 atom stereocenters. The standard InChI is InChI=1S/C8H16.C2H6.H2O/c1-2-5-8-6-3-4-7-8;1-2;/h8H,2-7H2,1H3;1-2H3;1H2. The second-order valence-electron chi connectivity index (χ2n) is 2.94. The van der Waals surface area contributed by atoms with Gasteiger partial charge < -0.3 is 5.48 Å². The van der Waals surface area contributed by atoms with Crippen LogP contribution in [0.15, 0.2) is 0 Å². The predicted octanol–water partition coefficient (Wildman–Crippen LogP) is 3.18. The van der Waals surface area contributed by atoms with Crippen molar-refractivity contribution < 1.29 is 5.48 Å². The Morgan fingerprint density at radius 3 is 1.91 bits per heavy atom. The Balaban J connectivity index is 0. The zero-order valence-electron chi connectivity index (χ0n) is 8.32. The lowest BCUT2D eigenvalue weighted by molar-refractivity contribution is 0.496. The molecule has 0 bridgehead atoms. The van der Waals surface area contributed by atoms with Crippen molar-refractivity contribution >= 4 is 0 Å². The van der Waals surface area contributed by atoms with E-state index in [0.717, 1.165) is 5.92 Å². The van der Waals surface area contributed by atoms with Gasteiger partial charge in [-0.2, -0.15) is 0 Å². The van der Waals surface area contributed by atoms with E-state index >= 15 is 0 Å². The van der Waals surface area contributed by atoms with E-state index in [9.17, 15) is 0 Å². The molecule has 0 unspecified atom stereocenters. The SMILES string of the molecule is CC.CCCC1CCCC1.O. The van der Waals surface area contributed by atoms with Gasteiger partial charge in [0.05, 0.1) is 0 Å². The summed E-state index contributed by atoms with van der Waals surface area (Å²) in [7, 11) is 0. The minimum absolute atomic E-state index is 0. The third kappa shape index (κ3) is 6.36. The molecule has 1 heteroatoms. The second-order valence-corrected chi connectivity index (χ2v) is 2.94. The normalized spacial score (nSPS) is 16.6. The Bertz CT molecular complexity index is 55.9. The van der Waals surface area contributed by atoms with E-state index in [4.69, 9.17) is 0 Å². The van der Waals surface area contributed by atoms with Crippen molar-refractivity contribution in [2.45, 2.75) is 59.3 Å². The maximum Gasteiger partial charge on any atom is -0.0414 e. The van der Waals surface area contributed by atoms with Crippen LogP contribution in [0.2, 0.25) is 0 Å². The average Bonchev–Trinajstić information content (AvgIpc) is 2.46. The van der Waals surface area contributed by atoms with E-state index in [2.05, 4.69) is 6.92 Å². The van der Waals surface area contributed by atoms with E-state index in [0.29, 0.717) is 0 Å². The molecule has 0 heterocycles. The van der Waals surface area contributed by atoms with E-state index in [1.165, 1.54) is 38.5 Å². The molecule has 1 rings (SSSR count). The van der Waals surface area contributed by atoms with Gasteiger partial charge in [0.25, 0.3) is 0 Å². The van der Waals surface area contributed by atoms with Crippen molar-refractivity contribution in [2.75, 3.05) is 0 Å². The van der Waals surface area contributed by atoms with Gasteiger partial charge in [0.15, 0.2) is 0 Å². The molecule has 70 valence electrons. The van der Waals surface area contributed by atoms with Gasteiger partial charge in [-0.05, 0) is 5.92 Å². The van der Waals surface area contributed by atoms with Gasteiger partial charge in [0.1, 0.15) is 0 Å². The third-order valence-corrected chi connectivity index (χ3v) is 2.17. The molecule has 0 aromatic carbocycles. The quantitative estimate of drug-likeness (QED) is 0.594. The monoisotopic (exact) mass is 160 g/mol. The Morgan fingerprint density at radius 2 is 1.55 bits per heavy atom. The topological polar surface area (TPSA) is 31.5 Å². The van der Waals surface area contributed by atoms with E-state index < -0.39 is 0 Å². The summed E-state index contributed by atoms with van der Waals surface area (Å²) < 4.78 is 0. The first-order valence-corrected chi connectivity index (χ1v) is 4.93. The number of hydrogen-bond acceptors (Lipinski definition) is 0. The van der Waals surface area contributed by atoms with Crippen LogP contribution >= 0.6 is 0 Å². The Hall–Kier alpha value is -0.0400. The van der Waals surface area contributed by atoms with Crippen molar-refractivity contribution in [3.8, 4) is 0 Å². The minimum Gasteiger partial charge on any atom is -0.412 e. The van der Waals surface area contributed by atoms with Gasteiger partial charge in [0, 0.05) is 0 Å². The van der Waals surface area contributed by atoms with Crippen LogP contribution in [0.4, 0.5) is 0 Å². The second kappa shape index (κ2) is 9.96. The van der Waals surface area contributed by atoms with Gasteiger partial charge >= 0.3 is 0 Å². The van der Waals surface area contributed by atoms with E-state index in [-0.39, 0.29) is 5.48 Å². The number of hydrogen-bond donors (Lipinski definition) is 0. The smallest absolute Gasteiger partial charge is 0.0414 e. The lowest BCUT2D eigenvalue weighted by atomic mass is 10.0. The van der Waals surface area contributed by atoms with Crippen LogP contribution in [0, 0.1) is 5.92 Å². The molecule has 11 heavy (non-hydrogen) atoms. The van der Waals surface area contributed by atoms with Crippen LogP contribution in [0.25, 0.3) is 0 Å². The van der Waals surface area contributed by atoms with Crippen LogP contribution in [-0.4, -0.2) is 5.48 Å². The highest BCUT2D eigenvalue weighted by atomic mass is 16.0. The average molecular weight is 160 g/mol. The Morgan fingerprint density at radius 1 is 1.09 bits per heavy atom. The van der Waals surface area contributed by atoms with Crippen LogP contribution in [0.5, 0.6) is 0 Å². The highest BCUT2D eigenvalue weighted by molar-refractivity contribution is 4.65. The summed E-state index contributed by atoms with van der Waals surface area (Å²) in [5, 5.41) is 0. The van der Waals surface area contributed by atoms with Gasteiger partial charge in [-0.1, -0.05) is 59.3 Å². The molecule has 1 aliphatic rings. The number of rotatable bonds is 2. The van der Waals surface area contributed by atoms with Crippen LogP contribution in [0.1, 0.15) is 59.3 Å². The highest BCUT2D eigenvalue weighted by Gasteiger charge is 2.12. The first-order chi connectivity index (χ1) is 4.93. The first-order valence-electron chi connectivity index (χ1n) is 4.93. The predicted molar refractivity (Wildman–Crippen MR) is 51.8 cm³/mol. The molecule has 0 aromatic rings. The van der Waals surface area contributed by atoms with Crippen molar-refractivity contribution in [1.82, 2.24) is 0 Å². The maximum atomic E-state index is 2.29. The summed E-state index contributed by atoms with van der Waals surface area (Å²) >= 11 is 0. The van der Waals surface area contributed by atoms with Crippen LogP contribution in [-0.2, 0) is 0 Å². The molecule has 0 radical (unpaired) electrons. The summed E-state index contributed by atoms with van der Waals surface area (Å²) in [5.74, 6) is 1.11. The van der Waals surface area contributed by atoms with Gasteiger partial charge in [-0.25, -0.2) is 0 Å². The fraction of sp³-hybridized carbons (Fsp3) is 1.00. The van der Waals surface area contributed by atoms with Crippen LogP contribution < -0.4 is 0 Å². The fourth-order valence-electron chi connectivity index (χ4n) is 1.71. The molecule has 2 N–H and O–H groups in total. The minimum atomic E-state index is 0. The summed E-state index contributed by atoms with van der Waals surface area (Å²) in [6.45, 7) is 6.29. The molecule has 0 saturated heterocycles. The zero-order valence-corrected chi connectivity index (χ0v) is 8.32. The summed E-state index contributed by atoms with van der Waals surface area (Å²) in [4.78, 5) is 0. The maximum absolute atomic E-state index is 2.29. The molecule has 0 aliphatic heterocycles.